The predicted molar refractivity (Wildman–Crippen MR) is 111 cm³/mol. The van der Waals surface area contributed by atoms with Crippen molar-refractivity contribution < 1.29 is 22.7 Å². The topological polar surface area (TPSA) is 114 Å². The number of anilines is 1. The monoisotopic (exact) mass is 441 g/mol. The Morgan fingerprint density at radius 1 is 1.23 bits per heavy atom. The lowest BCUT2D eigenvalue weighted by Gasteiger charge is -2.28. The van der Waals surface area contributed by atoms with Gasteiger partial charge in [-0.25, -0.2) is 13.2 Å². The summed E-state index contributed by atoms with van der Waals surface area (Å²) in [4.78, 5) is 26.4. The number of ether oxygens (including phenoxy) is 1. The smallest absolute Gasteiger partial charge is 0.410 e. The maximum Gasteiger partial charge on any atom is 0.410 e. The molecule has 1 fully saturated rings. The minimum atomic E-state index is -3.34. The van der Waals surface area contributed by atoms with Crippen LogP contribution in [0, 0.1) is 5.92 Å². The van der Waals surface area contributed by atoms with Gasteiger partial charge in [0.05, 0.1) is 30.0 Å². The second-order valence-electron chi connectivity index (χ2n) is 9.07. The molecule has 2 aliphatic rings. The summed E-state index contributed by atoms with van der Waals surface area (Å²) in [5, 5.41) is 6.71. The van der Waals surface area contributed by atoms with Crippen molar-refractivity contribution in [1.82, 2.24) is 19.0 Å². The summed E-state index contributed by atoms with van der Waals surface area (Å²) in [7, 11) is -3.34. The first-order valence-corrected chi connectivity index (χ1v) is 11.7. The Balaban J connectivity index is 1.59. The van der Waals surface area contributed by atoms with Crippen molar-refractivity contribution >= 4 is 27.8 Å². The Labute approximate surface area is 177 Å². The molecule has 11 heteroatoms. The number of likely N-dealkylation sites (tertiary alicyclic amines) is 1. The number of carbonyl (C=O) groups is 2. The van der Waals surface area contributed by atoms with E-state index in [4.69, 9.17) is 4.74 Å². The molecule has 0 unspecified atom stereocenters. The number of rotatable bonds is 4. The van der Waals surface area contributed by atoms with Gasteiger partial charge in [0.1, 0.15) is 5.60 Å². The van der Waals surface area contributed by atoms with Gasteiger partial charge < -0.3 is 15.0 Å². The normalized spacial score (nSPS) is 20.3. The Morgan fingerprint density at radius 3 is 2.57 bits per heavy atom. The molecule has 0 aliphatic carbocycles. The molecule has 1 aromatic heterocycles. The lowest BCUT2D eigenvalue weighted by molar-refractivity contribution is -0.119. The quantitative estimate of drug-likeness (QED) is 0.760. The number of fused-ring (bicyclic) bond motifs is 1. The van der Waals surface area contributed by atoms with Gasteiger partial charge in [0.15, 0.2) is 5.82 Å². The first kappa shape index (κ1) is 22.5. The molecule has 0 saturated carbocycles. The molecule has 1 N–H and O–H groups in total. The number of nitrogens with zero attached hydrogens (tertiary/aromatic N) is 4. The molecule has 2 amide bonds. The lowest BCUT2D eigenvalue weighted by atomic mass is 10.1. The van der Waals surface area contributed by atoms with Crippen LogP contribution in [-0.4, -0.2) is 69.9 Å². The molecule has 3 heterocycles. The van der Waals surface area contributed by atoms with Crippen LogP contribution in [0.1, 0.15) is 46.7 Å². The molecule has 2 aliphatic heterocycles. The highest BCUT2D eigenvalue weighted by Crippen LogP contribution is 2.23. The zero-order valence-electron chi connectivity index (χ0n) is 18.2. The fourth-order valence-corrected chi connectivity index (χ4v) is 4.76. The summed E-state index contributed by atoms with van der Waals surface area (Å²) in [5.74, 6) is -0.147. The first-order valence-electron chi connectivity index (χ1n) is 10.2. The predicted octanol–water partition coefficient (Wildman–Crippen LogP) is 1.63. The number of carbonyl (C=O) groups excluding carboxylic acids is 2. The van der Waals surface area contributed by atoms with Crippen LogP contribution in [-0.2, 0) is 32.6 Å². The van der Waals surface area contributed by atoms with Crippen molar-refractivity contribution in [3.05, 3.63) is 11.8 Å². The van der Waals surface area contributed by atoms with Gasteiger partial charge in [-0.15, -0.1) is 0 Å². The molecule has 168 valence electrons. The lowest BCUT2D eigenvalue weighted by Crippen LogP contribution is -2.41. The van der Waals surface area contributed by atoms with E-state index in [1.807, 2.05) is 0 Å². The molecule has 30 heavy (non-hydrogen) atoms. The summed E-state index contributed by atoms with van der Waals surface area (Å²) in [6.45, 7) is 10.5. The number of hydrogen-bond donors (Lipinski definition) is 1. The molecule has 10 nitrogen and oxygen atoms in total. The van der Waals surface area contributed by atoms with Gasteiger partial charge in [0.2, 0.25) is 15.9 Å². The van der Waals surface area contributed by atoms with E-state index >= 15 is 0 Å². The number of amides is 2. The standard InChI is InChI=1S/C19H31N5O5S/c1-13(2)30(27,28)23-8-9-24-15(12-23)10-16(21-24)20-17(25)14-6-7-22(11-14)18(26)29-19(3,4)5/h10,13-14H,6-9,11-12H2,1-5H3,(H,20,21,25)/t14-/m0/s1. The van der Waals surface area contributed by atoms with Crippen molar-refractivity contribution in [2.24, 2.45) is 5.92 Å². The molecular weight excluding hydrogens is 410 g/mol. The molecule has 0 aromatic carbocycles. The average molecular weight is 442 g/mol. The van der Waals surface area contributed by atoms with Crippen molar-refractivity contribution in [2.75, 3.05) is 25.0 Å². The van der Waals surface area contributed by atoms with Crippen LogP contribution < -0.4 is 5.32 Å². The summed E-state index contributed by atoms with van der Waals surface area (Å²) in [5.41, 5.74) is 0.159. The summed E-state index contributed by atoms with van der Waals surface area (Å²) < 4.78 is 33.4. The Morgan fingerprint density at radius 2 is 1.93 bits per heavy atom. The van der Waals surface area contributed by atoms with Gasteiger partial charge in [0, 0.05) is 25.7 Å². The molecule has 0 bridgehead atoms. The van der Waals surface area contributed by atoms with Crippen LogP contribution in [0.5, 0.6) is 0 Å². The van der Waals surface area contributed by atoms with Crippen molar-refractivity contribution in [2.45, 2.75) is 65.0 Å². The SMILES string of the molecule is CC(C)S(=O)(=O)N1CCn2nc(NC(=O)[C@H]3CCN(C(=O)OC(C)(C)C)C3)cc2C1. The van der Waals surface area contributed by atoms with Crippen molar-refractivity contribution in [1.29, 1.82) is 0 Å². The van der Waals surface area contributed by atoms with Gasteiger partial charge in [-0.3, -0.25) is 9.48 Å². The maximum absolute atomic E-state index is 12.6. The molecular formula is C19H31N5O5S. The number of sulfonamides is 1. The fraction of sp³-hybridized carbons (Fsp3) is 0.737. The largest absolute Gasteiger partial charge is 0.444 e. The van der Waals surface area contributed by atoms with Gasteiger partial charge in [-0.2, -0.15) is 9.40 Å². The maximum atomic E-state index is 12.6. The molecule has 1 aromatic rings. The molecule has 3 rings (SSSR count). The van der Waals surface area contributed by atoms with Crippen molar-refractivity contribution in [3.63, 3.8) is 0 Å². The summed E-state index contributed by atoms with van der Waals surface area (Å²) in [6, 6.07) is 1.71. The van der Waals surface area contributed by atoms with E-state index in [0.717, 1.165) is 5.69 Å². The highest BCUT2D eigenvalue weighted by molar-refractivity contribution is 7.89. The van der Waals surface area contributed by atoms with Crippen molar-refractivity contribution in [3.8, 4) is 0 Å². The molecule has 0 radical (unpaired) electrons. The molecule has 1 saturated heterocycles. The Bertz CT molecular complexity index is 918. The van der Waals surface area contributed by atoms with Crippen LogP contribution in [0.3, 0.4) is 0 Å². The highest BCUT2D eigenvalue weighted by atomic mass is 32.2. The minimum absolute atomic E-state index is 0.205. The number of aromatic nitrogens is 2. The zero-order chi connectivity index (χ0) is 22.3. The van der Waals surface area contributed by atoms with E-state index in [0.29, 0.717) is 38.4 Å². The average Bonchev–Trinajstić information content (AvgIpc) is 3.26. The second-order valence-corrected chi connectivity index (χ2v) is 11.6. The Kier molecular flexibility index (Phi) is 6.15. The van der Waals surface area contributed by atoms with Gasteiger partial charge in [-0.05, 0) is 41.0 Å². The van der Waals surface area contributed by atoms with E-state index < -0.39 is 27.0 Å². The number of nitrogens with one attached hydrogen (secondary N) is 1. The van der Waals surface area contributed by atoms with Crippen LogP contribution in [0.25, 0.3) is 0 Å². The van der Waals surface area contributed by atoms with Crippen LogP contribution in [0.4, 0.5) is 10.6 Å². The third kappa shape index (κ3) is 4.94. The first-order chi connectivity index (χ1) is 13.9. The Hall–Kier alpha value is -2.14. The van der Waals surface area contributed by atoms with Gasteiger partial charge in [0.25, 0.3) is 0 Å². The van der Waals surface area contributed by atoms with E-state index in [1.165, 1.54) is 4.31 Å². The molecule has 0 spiro atoms. The van der Waals surface area contributed by atoms with E-state index in [2.05, 4.69) is 10.4 Å². The molecule has 1 atom stereocenters. The van der Waals surface area contributed by atoms with Gasteiger partial charge >= 0.3 is 6.09 Å². The summed E-state index contributed by atoms with van der Waals surface area (Å²) >= 11 is 0. The third-order valence-corrected chi connectivity index (χ3v) is 7.40. The fourth-order valence-electron chi connectivity index (χ4n) is 3.51. The van der Waals surface area contributed by atoms with E-state index in [-0.39, 0.29) is 18.4 Å². The summed E-state index contributed by atoms with van der Waals surface area (Å²) in [6.07, 6.45) is 0.140. The number of hydrogen-bond acceptors (Lipinski definition) is 6. The van der Waals surface area contributed by atoms with Crippen LogP contribution >= 0.6 is 0 Å². The van der Waals surface area contributed by atoms with Gasteiger partial charge in [-0.1, -0.05) is 0 Å². The highest BCUT2D eigenvalue weighted by Gasteiger charge is 2.34. The van der Waals surface area contributed by atoms with Crippen LogP contribution in [0.15, 0.2) is 6.07 Å². The second kappa shape index (κ2) is 8.18. The third-order valence-electron chi connectivity index (χ3n) is 5.18. The van der Waals surface area contributed by atoms with Crippen LogP contribution in [0.2, 0.25) is 0 Å². The van der Waals surface area contributed by atoms with E-state index in [9.17, 15) is 18.0 Å². The minimum Gasteiger partial charge on any atom is -0.444 e. The zero-order valence-corrected chi connectivity index (χ0v) is 19.0. The van der Waals surface area contributed by atoms with E-state index in [1.54, 1.807) is 50.3 Å².